The summed E-state index contributed by atoms with van der Waals surface area (Å²) in [6.07, 6.45) is -0.939. The van der Waals surface area contributed by atoms with Gasteiger partial charge >= 0.3 is 5.97 Å². The van der Waals surface area contributed by atoms with Gasteiger partial charge in [0.2, 0.25) is 0 Å². The Kier molecular flexibility index (Phi) is 6.42. The first-order valence-electron chi connectivity index (χ1n) is 7.80. The first-order chi connectivity index (χ1) is 11.8. The van der Waals surface area contributed by atoms with Gasteiger partial charge in [-0.05, 0) is 68.3 Å². The molecule has 0 bridgehead atoms. The number of carbonyl (C=O) groups excluding carboxylic acids is 2. The Labute approximate surface area is 151 Å². The summed E-state index contributed by atoms with van der Waals surface area (Å²) in [7, 11) is 0. The number of rotatable bonds is 6. The number of amides is 1. The van der Waals surface area contributed by atoms with Gasteiger partial charge in [-0.2, -0.15) is 0 Å². The molecule has 0 radical (unpaired) electrons. The minimum atomic E-state index is -0.939. The maximum absolute atomic E-state index is 12.0. The molecule has 1 atom stereocenters. The number of hydrogen-bond acceptors (Lipinski definition) is 4. The number of nitrogens with one attached hydrogen (secondary N) is 1. The molecule has 1 N–H and O–H groups in total. The summed E-state index contributed by atoms with van der Waals surface area (Å²) in [4.78, 5) is 23.9. The van der Waals surface area contributed by atoms with Gasteiger partial charge in [0.1, 0.15) is 5.75 Å². The SMILES string of the molecule is Cc1cc(C)cc(OCC(=O)O[C@@H](C)C(=O)Nc2ccc(Cl)cc2)c1. The van der Waals surface area contributed by atoms with Crippen molar-refractivity contribution in [1.82, 2.24) is 0 Å². The van der Waals surface area contributed by atoms with E-state index in [-0.39, 0.29) is 6.61 Å². The molecule has 0 fully saturated rings. The number of aryl methyl sites for hydroxylation is 2. The van der Waals surface area contributed by atoms with Crippen molar-refractivity contribution in [2.45, 2.75) is 26.9 Å². The van der Waals surface area contributed by atoms with E-state index < -0.39 is 18.0 Å². The fraction of sp³-hybridized carbons (Fsp3) is 0.263. The summed E-state index contributed by atoms with van der Waals surface area (Å²) in [5, 5.41) is 3.22. The molecule has 0 spiro atoms. The summed E-state index contributed by atoms with van der Waals surface area (Å²) in [5.41, 5.74) is 2.65. The molecule has 2 aromatic rings. The number of esters is 1. The quantitative estimate of drug-likeness (QED) is 0.792. The van der Waals surface area contributed by atoms with Gasteiger partial charge in [-0.15, -0.1) is 0 Å². The zero-order chi connectivity index (χ0) is 18.4. The van der Waals surface area contributed by atoms with Crippen molar-refractivity contribution in [2.24, 2.45) is 0 Å². The molecule has 25 heavy (non-hydrogen) atoms. The van der Waals surface area contributed by atoms with Crippen LogP contribution in [-0.4, -0.2) is 24.6 Å². The number of benzene rings is 2. The van der Waals surface area contributed by atoms with E-state index in [1.54, 1.807) is 24.3 Å². The van der Waals surface area contributed by atoms with E-state index in [9.17, 15) is 9.59 Å². The molecule has 0 aromatic heterocycles. The van der Waals surface area contributed by atoms with Crippen molar-refractivity contribution in [2.75, 3.05) is 11.9 Å². The minimum Gasteiger partial charge on any atom is -0.482 e. The predicted octanol–water partition coefficient (Wildman–Crippen LogP) is 3.91. The van der Waals surface area contributed by atoms with Crippen LogP contribution in [0.25, 0.3) is 0 Å². The second kappa shape index (κ2) is 8.53. The molecular weight excluding hydrogens is 342 g/mol. The fourth-order valence-corrected chi connectivity index (χ4v) is 2.35. The smallest absolute Gasteiger partial charge is 0.344 e. The molecule has 1 amide bonds. The van der Waals surface area contributed by atoms with Crippen molar-refractivity contribution >= 4 is 29.2 Å². The molecular formula is C19H20ClNO4. The molecule has 6 heteroatoms. The highest BCUT2D eigenvalue weighted by Gasteiger charge is 2.18. The largest absolute Gasteiger partial charge is 0.482 e. The third kappa shape index (κ3) is 6.12. The topological polar surface area (TPSA) is 64.6 Å². The van der Waals surface area contributed by atoms with Crippen LogP contribution in [0.4, 0.5) is 5.69 Å². The molecule has 0 unspecified atom stereocenters. The molecule has 0 heterocycles. The van der Waals surface area contributed by atoms with E-state index in [4.69, 9.17) is 21.1 Å². The van der Waals surface area contributed by atoms with E-state index in [1.807, 2.05) is 32.0 Å². The van der Waals surface area contributed by atoms with Gasteiger partial charge in [-0.25, -0.2) is 4.79 Å². The second-order valence-corrected chi connectivity index (χ2v) is 6.18. The van der Waals surface area contributed by atoms with Crippen LogP contribution in [0.5, 0.6) is 5.75 Å². The Balaban J connectivity index is 1.82. The zero-order valence-corrected chi connectivity index (χ0v) is 15.1. The summed E-state index contributed by atoms with van der Waals surface area (Å²) < 4.78 is 10.5. The molecule has 5 nitrogen and oxygen atoms in total. The van der Waals surface area contributed by atoms with Gasteiger partial charge in [-0.1, -0.05) is 17.7 Å². The van der Waals surface area contributed by atoms with E-state index in [1.165, 1.54) is 6.92 Å². The van der Waals surface area contributed by atoms with Crippen molar-refractivity contribution in [3.63, 3.8) is 0 Å². The summed E-state index contributed by atoms with van der Waals surface area (Å²) >= 11 is 5.79. The third-order valence-corrected chi connectivity index (χ3v) is 3.59. The molecule has 0 aliphatic carbocycles. The van der Waals surface area contributed by atoms with Gasteiger partial charge in [-0.3, -0.25) is 4.79 Å². The number of carbonyl (C=O) groups is 2. The summed E-state index contributed by atoms with van der Waals surface area (Å²) in [6.45, 7) is 5.13. The third-order valence-electron chi connectivity index (χ3n) is 3.34. The molecule has 0 saturated carbocycles. The highest BCUT2D eigenvalue weighted by molar-refractivity contribution is 6.30. The first-order valence-corrected chi connectivity index (χ1v) is 8.18. The van der Waals surface area contributed by atoms with Crippen molar-refractivity contribution < 1.29 is 19.1 Å². The maximum atomic E-state index is 12.0. The van der Waals surface area contributed by atoms with Crippen molar-refractivity contribution in [3.05, 3.63) is 58.6 Å². The van der Waals surface area contributed by atoms with Gasteiger partial charge in [0, 0.05) is 10.7 Å². The van der Waals surface area contributed by atoms with Crippen molar-refractivity contribution in [3.8, 4) is 5.75 Å². The standard InChI is InChI=1S/C19H20ClNO4/c1-12-8-13(2)10-17(9-12)24-11-18(22)25-14(3)19(23)21-16-6-4-15(20)5-7-16/h4-10,14H,11H2,1-3H3,(H,21,23)/t14-/m0/s1. The Morgan fingerprint density at radius 2 is 1.68 bits per heavy atom. The average Bonchev–Trinajstić information content (AvgIpc) is 2.54. The monoisotopic (exact) mass is 361 g/mol. The lowest BCUT2D eigenvalue weighted by Gasteiger charge is -2.14. The Hall–Kier alpha value is -2.53. The highest BCUT2D eigenvalue weighted by atomic mass is 35.5. The average molecular weight is 362 g/mol. The minimum absolute atomic E-state index is 0.262. The van der Waals surface area contributed by atoms with E-state index in [2.05, 4.69) is 5.32 Å². The van der Waals surface area contributed by atoms with E-state index >= 15 is 0 Å². The Morgan fingerprint density at radius 3 is 2.28 bits per heavy atom. The maximum Gasteiger partial charge on any atom is 0.344 e. The highest BCUT2D eigenvalue weighted by Crippen LogP contribution is 2.16. The van der Waals surface area contributed by atoms with Gasteiger partial charge in [0.05, 0.1) is 0 Å². The normalized spacial score (nSPS) is 11.5. The van der Waals surface area contributed by atoms with Crippen LogP contribution in [0, 0.1) is 13.8 Å². The Morgan fingerprint density at radius 1 is 1.08 bits per heavy atom. The van der Waals surface area contributed by atoms with E-state index in [0.717, 1.165) is 11.1 Å². The van der Waals surface area contributed by atoms with Crippen LogP contribution in [-0.2, 0) is 14.3 Å². The number of halogens is 1. The van der Waals surface area contributed by atoms with Crippen LogP contribution in [0.3, 0.4) is 0 Å². The molecule has 0 aliphatic rings. The van der Waals surface area contributed by atoms with Gasteiger partial charge in [0.25, 0.3) is 5.91 Å². The Bertz CT molecular complexity index is 738. The van der Waals surface area contributed by atoms with Crippen LogP contribution in [0.15, 0.2) is 42.5 Å². The van der Waals surface area contributed by atoms with Crippen LogP contribution in [0.1, 0.15) is 18.1 Å². The first kappa shape index (κ1) is 18.8. The molecule has 0 saturated heterocycles. The molecule has 2 rings (SSSR count). The van der Waals surface area contributed by atoms with Crippen molar-refractivity contribution in [1.29, 1.82) is 0 Å². The fourth-order valence-electron chi connectivity index (χ4n) is 2.22. The lowest BCUT2D eigenvalue weighted by Crippen LogP contribution is -2.31. The lowest BCUT2D eigenvalue weighted by atomic mass is 10.1. The number of ether oxygens (including phenoxy) is 2. The van der Waals surface area contributed by atoms with E-state index in [0.29, 0.717) is 16.5 Å². The molecule has 2 aromatic carbocycles. The molecule has 0 aliphatic heterocycles. The van der Waals surface area contributed by atoms with Crippen LogP contribution < -0.4 is 10.1 Å². The predicted molar refractivity (Wildman–Crippen MR) is 97.0 cm³/mol. The summed E-state index contributed by atoms with van der Waals surface area (Å²) in [6, 6.07) is 12.3. The second-order valence-electron chi connectivity index (χ2n) is 5.74. The lowest BCUT2D eigenvalue weighted by molar-refractivity contribution is -0.155. The van der Waals surface area contributed by atoms with Crippen LogP contribution in [0.2, 0.25) is 5.02 Å². The van der Waals surface area contributed by atoms with Gasteiger partial charge in [0.15, 0.2) is 12.7 Å². The van der Waals surface area contributed by atoms with Crippen LogP contribution >= 0.6 is 11.6 Å². The number of anilines is 1. The van der Waals surface area contributed by atoms with Gasteiger partial charge < -0.3 is 14.8 Å². The zero-order valence-electron chi connectivity index (χ0n) is 14.3. The summed E-state index contributed by atoms with van der Waals surface area (Å²) in [5.74, 6) is -0.451. The molecule has 132 valence electrons. The number of hydrogen-bond donors (Lipinski definition) is 1.